The molecule has 18 heavy (non-hydrogen) atoms. The first kappa shape index (κ1) is 13.5. The first-order valence-corrected chi connectivity index (χ1v) is 6.83. The summed E-state index contributed by atoms with van der Waals surface area (Å²) in [7, 11) is 1.85. The van der Waals surface area contributed by atoms with E-state index in [1.54, 1.807) is 10.7 Å². The number of benzene rings is 1. The van der Waals surface area contributed by atoms with Crippen LogP contribution < -0.4 is 4.74 Å². The molecular weight excluding hydrogens is 367 g/mol. The highest BCUT2D eigenvalue weighted by molar-refractivity contribution is 9.10. The van der Waals surface area contributed by atoms with Crippen LogP contribution in [0.25, 0.3) is 0 Å². The Morgan fingerprint density at radius 3 is 2.61 bits per heavy atom. The number of hydrogen-bond donors (Lipinski definition) is 0. The molecule has 0 bridgehead atoms. The molecular formula is C12H11Br2FN2O. The van der Waals surface area contributed by atoms with Crippen LogP contribution >= 0.6 is 31.9 Å². The zero-order valence-corrected chi connectivity index (χ0v) is 13.0. The maximum absolute atomic E-state index is 13.2. The van der Waals surface area contributed by atoms with Gasteiger partial charge >= 0.3 is 0 Å². The van der Waals surface area contributed by atoms with Crippen molar-refractivity contribution in [1.82, 2.24) is 9.78 Å². The molecule has 2 rings (SSSR count). The summed E-state index contributed by atoms with van der Waals surface area (Å²) >= 11 is 6.68. The van der Waals surface area contributed by atoms with Crippen LogP contribution in [0.5, 0.6) is 5.75 Å². The number of ether oxygens (including phenoxy) is 1. The maximum atomic E-state index is 13.2. The normalized spacial score (nSPS) is 10.7. The van der Waals surface area contributed by atoms with Crippen molar-refractivity contribution in [2.24, 2.45) is 7.05 Å². The Morgan fingerprint density at radius 2 is 2.06 bits per heavy atom. The van der Waals surface area contributed by atoms with Gasteiger partial charge in [0.2, 0.25) is 0 Å². The van der Waals surface area contributed by atoms with Gasteiger partial charge < -0.3 is 4.74 Å². The van der Waals surface area contributed by atoms with Gasteiger partial charge in [-0.1, -0.05) is 15.9 Å². The molecule has 1 heterocycles. The van der Waals surface area contributed by atoms with E-state index < -0.39 is 0 Å². The lowest BCUT2D eigenvalue weighted by Gasteiger charge is -2.07. The van der Waals surface area contributed by atoms with Gasteiger partial charge in [-0.25, -0.2) is 4.39 Å². The van der Waals surface area contributed by atoms with Crippen LogP contribution in [-0.2, 0) is 13.7 Å². The summed E-state index contributed by atoms with van der Waals surface area (Å²) < 4.78 is 22.1. The molecule has 0 unspecified atom stereocenters. The predicted molar refractivity (Wildman–Crippen MR) is 74.1 cm³/mol. The van der Waals surface area contributed by atoms with Gasteiger partial charge in [0.1, 0.15) is 18.2 Å². The zero-order valence-electron chi connectivity index (χ0n) is 9.88. The van der Waals surface area contributed by atoms with Crippen LogP contribution in [0, 0.1) is 12.7 Å². The molecule has 0 aliphatic heterocycles. The minimum absolute atomic E-state index is 0.327. The van der Waals surface area contributed by atoms with Gasteiger partial charge in [0.25, 0.3) is 0 Å². The lowest BCUT2D eigenvalue weighted by atomic mass is 10.3. The third-order valence-corrected chi connectivity index (χ3v) is 3.96. The summed E-state index contributed by atoms with van der Waals surface area (Å²) in [6, 6.07) is 4.46. The average molecular weight is 378 g/mol. The molecule has 1 aromatic heterocycles. The summed E-state index contributed by atoms with van der Waals surface area (Å²) in [4.78, 5) is 0. The Morgan fingerprint density at radius 1 is 1.33 bits per heavy atom. The molecule has 1 aromatic carbocycles. The van der Waals surface area contributed by atoms with Crippen molar-refractivity contribution in [3.63, 3.8) is 0 Å². The smallest absolute Gasteiger partial charge is 0.131 e. The van der Waals surface area contributed by atoms with E-state index in [1.807, 2.05) is 14.0 Å². The van der Waals surface area contributed by atoms with Crippen molar-refractivity contribution < 1.29 is 9.13 Å². The van der Waals surface area contributed by atoms with Gasteiger partial charge in [0.05, 0.1) is 15.9 Å². The van der Waals surface area contributed by atoms with E-state index in [2.05, 4.69) is 37.0 Å². The number of aromatic nitrogens is 2. The number of halogens is 3. The fourth-order valence-corrected chi connectivity index (χ4v) is 2.50. The van der Waals surface area contributed by atoms with Gasteiger partial charge in [-0.2, -0.15) is 5.10 Å². The van der Waals surface area contributed by atoms with Crippen molar-refractivity contribution in [3.05, 3.63) is 44.3 Å². The lowest BCUT2D eigenvalue weighted by molar-refractivity contribution is 0.292. The molecule has 96 valence electrons. The second-order valence-corrected chi connectivity index (χ2v) is 5.57. The van der Waals surface area contributed by atoms with E-state index in [0.29, 0.717) is 16.8 Å². The van der Waals surface area contributed by atoms with Gasteiger partial charge in [0.15, 0.2) is 0 Å². The minimum Gasteiger partial charge on any atom is -0.487 e. The molecule has 0 N–H and O–H groups in total. The first-order valence-electron chi connectivity index (χ1n) is 5.24. The molecule has 6 heteroatoms. The number of rotatable bonds is 3. The molecule has 0 aliphatic rings. The zero-order chi connectivity index (χ0) is 13.3. The van der Waals surface area contributed by atoms with Crippen LogP contribution in [0.1, 0.15) is 11.4 Å². The standard InChI is InChI=1S/C12H11Br2FN2O/c1-7-12(14)11(17(2)16-7)6-18-10-4-8(13)3-9(15)5-10/h3-5H,6H2,1-2H3. The molecule has 0 radical (unpaired) electrons. The maximum Gasteiger partial charge on any atom is 0.131 e. The molecule has 0 amide bonds. The van der Waals surface area contributed by atoms with E-state index in [-0.39, 0.29) is 5.82 Å². The molecule has 0 fully saturated rings. The topological polar surface area (TPSA) is 27.1 Å². The van der Waals surface area contributed by atoms with Crippen LogP contribution in [0.4, 0.5) is 4.39 Å². The SMILES string of the molecule is Cc1nn(C)c(COc2cc(F)cc(Br)c2)c1Br. The summed E-state index contributed by atoms with van der Waals surface area (Å²) in [5.41, 5.74) is 1.81. The van der Waals surface area contributed by atoms with E-state index in [1.165, 1.54) is 12.1 Å². The molecule has 0 aliphatic carbocycles. The number of hydrogen-bond acceptors (Lipinski definition) is 2. The Hall–Kier alpha value is -0.880. The monoisotopic (exact) mass is 376 g/mol. The van der Waals surface area contributed by atoms with Crippen LogP contribution in [0.15, 0.2) is 27.1 Å². The van der Waals surface area contributed by atoms with Crippen molar-refractivity contribution in [3.8, 4) is 5.75 Å². The Balaban J connectivity index is 2.16. The van der Waals surface area contributed by atoms with Crippen LogP contribution in [-0.4, -0.2) is 9.78 Å². The Bertz CT molecular complexity index is 563. The summed E-state index contributed by atoms with van der Waals surface area (Å²) in [6.45, 7) is 2.24. The molecule has 0 saturated heterocycles. The second-order valence-electron chi connectivity index (χ2n) is 3.86. The largest absolute Gasteiger partial charge is 0.487 e. The summed E-state index contributed by atoms with van der Waals surface area (Å²) in [5.74, 6) is 0.146. The fraction of sp³-hybridized carbons (Fsp3) is 0.250. The van der Waals surface area contributed by atoms with Crippen molar-refractivity contribution >= 4 is 31.9 Å². The third-order valence-electron chi connectivity index (χ3n) is 2.47. The second kappa shape index (κ2) is 5.40. The molecule has 2 aromatic rings. The molecule has 0 saturated carbocycles. The van der Waals surface area contributed by atoms with E-state index >= 15 is 0 Å². The van der Waals surface area contributed by atoms with Gasteiger partial charge in [0, 0.05) is 17.6 Å². The van der Waals surface area contributed by atoms with E-state index in [9.17, 15) is 4.39 Å². The lowest BCUT2D eigenvalue weighted by Crippen LogP contribution is -2.03. The summed E-state index contributed by atoms with van der Waals surface area (Å²) in [6.07, 6.45) is 0. The minimum atomic E-state index is -0.334. The summed E-state index contributed by atoms with van der Waals surface area (Å²) in [5, 5.41) is 4.26. The third kappa shape index (κ3) is 2.92. The van der Waals surface area contributed by atoms with E-state index in [4.69, 9.17) is 4.74 Å². The fourth-order valence-electron chi connectivity index (χ4n) is 1.60. The Kier molecular flexibility index (Phi) is 4.07. The molecule has 3 nitrogen and oxygen atoms in total. The Labute approximate surface area is 121 Å². The number of nitrogens with zero attached hydrogens (tertiary/aromatic N) is 2. The van der Waals surface area contributed by atoms with Gasteiger partial charge in [-0.3, -0.25) is 4.68 Å². The highest BCUT2D eigenvalue weighted by Gasteiger charge is 2.11. The van der Waals surface area contributed by atoms with E-state index in [0.717, 1.165) is 15.9 Å². The van der Waals surface area contributed by atoms with Crippen LogP contribution in [0.3, 0.4) is 0 Å². The van der Waals surface area contributed by atoms with Gasteiger partial charge in [-0.05, 0) is 35.0 Å². The molecule has 0 spiro atoms. The first-order chi connectivity index (χ1) is 8.47. The number of aryl methyl sites for hydroxylation is 2. The van der Waals surface area contributed by atoms with Crippen LogP contribution in [0.2, 0.25) is 0 Å². The molecule has 0 atom stereocenters. The highest BCUT2D eigenvalue weighted by atomic mass is 79.9. The van der Waals surface area contributed by atoms with Crippen molar-refractivity contribution in [2.45, 2.75) is 13.5 Å². The average Bonchev–Trinajstić information content (AvgIpc) is 2.50. The van der Waals surface area contributed by atoms with Gasteiger partial charge in [-0.15, -0.1) is 0 Å². The van der Waals surface area contributed by atoms with Crippen molar-refractivity contribution in [2.75, 3.05) is 0 Å². The predicted octanol–water partition coefficient (Wildman–Crippen LogP) is 3.97. The highest BCUT2D eigenvalue weighted by Crippen LogP contribution is 2.24. The van der Waals surface area contributed by atoms with Crippen molar-refractivity contribution in [1.29, 1.82) is 0 Å². The quantitative estimate of drug-likeness (QED) is 0.809.